The second kappa shape index (κ2) is 2.96. The number of epoxide rings is 1. The van der Waals surface area contributed by atoms with Crippen molar-refractivity contribution in [3.05, 3.63) is 28.8 Å². The Kier molecular flexibility index (Phi) is 1.95. The molecule has 0 radical (unpaired) electrons. The van der Waals surface area contributed by atoms with Gasteiger partial charge < -0.3 is 9.47 Å². The highest BCUT2D eigenvalue weighted by molar-refractivity contribution is 6.32. The summed E-state index contributed by atoms with van der Waals surface area (Å²) in [5, 5.41) is 0.644. The first kappa shape index (κ1) is 7.90. The van der Waals surface area contributed by atoms with Gasteiger partial charge in [0.1, 0.15) is 11.9 Å². The van der Waals surface area contributed by atoms with Gasteiger partial charge in [0, 0.05) is 5.56 Å². The Labute approximate surface area is 76.1 Å². The van der Waals surface area contributed by atoms with Gasteiger partial charge in [-0.25, -0.2) is 0 Å². The lowest BCUT2D eigenvalue weighted by atomic mass is 10.1. The van der Waals surface area contributed by atoms with Crippen LogP contribution in [0.15, 0.2) is 18.2 Å². The van der Waals surface area contributed by atoms with Gasteiger partial charge in [-0.05, 0) is 6.07 Å². The van der Waals surface area contributed by atoms with Crippen molar-refractivity contribution in [2.24, 2.45) is 0 Å². The largest absolute Gasteiger partial charge is 0.495 e. The predicted molar refractivity (Wildman–Crippen MR) is 46.7 cm³/mol. The molecule has 0 aliphatic carbocycles. The number of rotatable bonds is 2. The molecule has 64 valence electrons. The highest BCUT2D eigenvalue weighted by Gasteiger charge is 2.28. The van der Waals surface area contributed by atoms with E-state index in [1.807, 2.05) is 18.2 Å². The van der Waals surface area contributed by atoms with E-state index in [2.05, 4.69) is 0 Å². The lowest BCUT2D eigenvalue weighted by Crippen LogP contribution is -1.90. The number of methoxy groups -OCH3 is 1. The van der Waals surface area contributed by atoms with E-state index in [-0.39, 0.29) is 6.10 Å². The van der Waals surface area contributed by atoms with E-state index in [1.54, 1.807) is 7.11 Å². The van der Waals surface area contributed by atoms with E-state index in [0.717, 1.165) is 17.9 Å². The molecule has 1 aromatic carbocycles. The SMILES string of the molecule is COc1c(Cl)cccc1[C@H]1CO1. The van der Waals surface area contributed by atoms with Crippen molar-refractivity contribution in [2.75, 3.05) is 13.7 Å². The zero-order valence-corrected chi connectivity index (χ0v) is 7.47. The Morgan fingerprint density at radius 1 is 1.58 bits per heavy atom. The quantitative estimate of drug-likeness (QED) is 0.659. The van der Waals surface area contributed by atoms with Crippen LogP contribution in [-0.4, -0.2) is 13.7 Å². The smallest absolute Gasteiger partial charge is 0.143 e. The Morgan fingerprint density at radius 2 is 2.33 bits per heavy atom. The first-order valence-electron chi connectivity index (χ1n) is 3.77. The molecule has 0 amide bonds. The molecule has 0 saturated carbocycles. The summed E-state index contributed by atoms with van der Waals surface area (Å²) in [4.78, 5) is 0. The monoisotopic (exact) mass is 184 g/mol. The Morgan fingerprint density at radius 3 is 2.92 bits per heavy atom. The molecule has 12 heavy (non-hydrogen) atoms. The number of benzene rings is 1. The van der Waals surface area contributed by atoms with Crippen molar-refractivity contribution in [2.45, 2.75) is 6.10 Å². The van der Waals surface area contributed by atoms with Crippen LogP contribution in [0.5, 0.6) is 5.75 Å². The van der Waals surface area contributed by atoms with Gasteiger partial charge >= 0.3 is 0 Å². The molecule has 1 saturated heterocycles. The summed E-state index contributed by atoms with van der Waals surface area (Å²) in [5.41, 5.74) is 1.05. The summed E-state index contributed by atoms with van der Waals surface area (Å²) in [6, 6.07) is 5.69. The molecule has 1 fully saturated rings. The molecule has 1 aromatic rings. The number of ether oxygens (including phenoxy) is 2. The highest BCUT2D eigenvalue weighted by Crippen LogP contribution is 2.39. The average molecular weight is 185 g/mol. The summed E-state index contributed by atoms with van der Waals surface area (Å²) in [5.74, 6) is 0.738. The second-order valence-corrected chi connectivity index (χ2v) is 3.09. The molecule has 0 unspecified atom stereocenters. The van der Waals surface area contributed by atoms with Gasteiger partial charge in [0.25, 0.3) is 0 Å². The molecule has 0 aromatic heterocycles. The molecular formula is C9H9ClO2. The summed E-state index contributed by atoms with van der Waals surface area (Å²) in [6.07, 6.45) is 0.193. The lowest BCUT2D eigenvalue weighted by Gasteiger charge is -2.06. The van der Waals surface area contributed by atoms with Gasteiger partial charge in [-0.15, -0.1) is 0 Å². The number of halogens is 1. The van der Waals surface area contributed by atoms with Crippen molar-refractivity contribution < 1.29 is 9.47 Å². The van der Waals surface area contributed by atoms with E-state index in [9.17, 15) is 0 Å². The fourth-order valence-electron chi connectivity index (χ4n) is 1.22. The molecule has 0 bridgehead atoms. The molecule has 0 spiro atoms. The van der Waals surface area contributed by atoms with Gasteiger partial charge in [0.15, 0.2) is 0 Å². The van der Waals surface area contributed by atoms with E-state index in [4.69, 9.17) is 21.1 Å². The zero-order chi connectivity index (χ0) is 8.55. The topological polar surface area (TPSA) is 21.8 Å². The fraction of sp³-hybridized carbons (Fsp3) is 0.333. The third kappa shape index (κ3) is 1.28. The normalized spacial score (nSPS) is 20.7. The van der Waals surface area contributed by atoms with Crippen molar-refractivity contribution in [3.8, 4) is 5.75 Å². The van der Waals surface area contributed by atoms with Gasteiger partial charge in [-0.1, -0.05) is 23.7 Å². The molecule has 1 aliphatic heterocycles. The number of para-hydroxylation sites is 1. The molecule has 1 heterocycles. The molecule has 2 rings (SSSR count). The standard InChI is InChI=1S/C9H9ClO2/c1-11-9-6(8-5-12-8)3-2-4-7(9)10/h2-4,8H,5H2,1H3/t8-/m1/s1. The van der Waals surface area contributed by atoms with Crippen molar-refractivity contribution >= 4 is 11.6 Å². The van der Waals surface area contributed by atoms with Crippen LogP contribution in [0.25, 0.3) is 0 Å². The van der Waals surface area contributed by atoms with E-state index < -0.39 is 0 Å². The number of hydrogen-bond acceptors (Lipinski definition) is 2. The van der Waals surface area contributed by atoms with Gasteiger partial charge in [0.2, 0.25) is 0 Å². The summed E-state index contributed by atoms with van der Waals surface area (Å²) >= 11 is 5.92. The summed E-state index contributed by atoms with van der Waals surface area (Å²) in [6.45, 7) is 0.775. The Bertz CT molecular complexity index is 295. The third-order valence-electron chi connectivity index (χ3n) is 1.88. The van der Waals surface area contributed by atoms with E-state index in [1.165, 1.54) is 0 Å². The predicted octanol–water partition coefficient (Wildman–Crippen LogP) is 2.42. The lowest BCUT2D eigenvalue weighted by molar-refractivity contribution is 0.383. The first-order chi connectivity index (χ1) is 5.83. The van der Waals surface area contributed by atoms with E-state index >= 15 is 0 Å². The molecule has 0 N–H and O–H groups in total. The van der Waals surface area contributed by atoms with Crippen LogP contribution in [-0.2, 0) is 4.74 Å². The average Bonchev–Trinajstić information content (AvgIpc) is 2.86. The first-order valence-corrected chi connectivity index (χ1v) is 4.14. The maximum Gasteiger partial charge on any atom is 0.143 e. The van der Waals surface area contributed by atoms with E-state index in [0.29, 0.717) is 5.02 Å². The van der Waals surface area contributed by atoms with Crippen molar-refractivity contribution in [1.29, 1.82) is 0 Å². The highest BCUT2D eigenvalue weighted by atomic mass is 35.5. The van der Waals surface area contributed by atoms with Crippen LogP contribution in [0.1, 0.15) is 11.7 Å². The van der Waals surface area contributed by atoms with Crippen LogP contribution < -0.4 is 4.74 Å². The Balaban J connectivity index is 2.43. The molecule has 1 atom stereocenters. The van der Waals surface area contributed by atoms with Crippen LogP contribution >= 0.6 is 11.6 Å². The Hall–Kier alpha value is -0.730. The summed E-state index contributed by atoms with van der Waals surface area (Å²) in [7, 11) is 1.62. The van der Waals surface area contributed by atoms with Crippen LogP contribution in [0, 0.1) is 0 Å². The minimum Gasteiger partial charge on any atom is -0.495 e. The minimum atomic E-state index is 0.193. The third-order valence-corrected chi connectivity index (χ3v) is 2.18. The maximum absolute atomic E-state index is 5.92. The van der Waals surface area contributed by atoms with Gasteiger partial charge in [-0.2, -0.15) is 0 Å². The van der Waals surface area contributed by atoms with Crippen molar-refractivity contribution in [1.82, 2.24) is 0 Å². The summed E-state index contributed by atoms with van der Waals surface area (Å²) < 4.78 is 10.3. The molecule has 2 nitrogen and oxygen atoms in total. The van der Waals surface area contributed by atoms with Crippen LogP contribution in [0.2, 0.25) is 5.02 Å². The van der Waals surface area contributed by atoms with Gasteiger partial charge in [-0.3, -0.25) is 0 Å². The second-order valence-electron chi connectivity index (χ2n) is 2.68. The number of hydrogen-bond donors (Lipinski definition) is 0. The van der Waals surface area contributed by atoms with Gasteiger partial charge in [0.05, 0.1) is 18.7 Å². The molecule has 1 aliphatic rings. The van der Waals surface area contributed by atoms with Crippen molar-refractivity contribution in [3.63, 3.8) is 0 Å². The van der Waals surface area contributed by atoms with Crippen LogP contribution in [0.4, 0.5) is 0 Å². The van der Waals surface area contributed by atoms with Crippen LogP contribution in [0.3, 0.4) is 0 Å². The molecule has 3 heteroatoms. The maximum atomic E-state index is 5.92. The minimum absolute atomic E-state index is 0.193. The fourth-order valence-corrected chi connectivity index (χ4v) is 1.48. The molecular weight excluding hydrogens is 176 g/mol. The zero-order valence-electron chi connectivity index (χ0n) is 6.71.